The van der Waals surface area contributed by atoms with E-state index in [1.54, 1.807) is 0 Å². The van der Waals surface area contributed by atoms with Crippen molar-refractivity contribution in [2.45, 2.75) is 65.7 Å². The molecule has 12 nitrogen and oxygen atoms in total. The molecule has 0 aliphatic rings. The molecular weight excluding hydrogens is 476 g/mol. The minimum Gasteiger partial charge on any atom is -0.449 e. The van der Waals surface area contributed by atoms with Gasteiger partial charge in [-0.15, -0.1) is 0 Å². The van der Waals surface area contributed by atoms with Gasteiger partial charge in [-0.1, -0.05) is 7.43 Å². The van der Waals surface area contributed by atoms with Gasteiger partial charge in [0, 0.05) is 52.4 Å². The van der Waals surface area contributed by atoms with Gasteiger partial charge in [-0.25, -0.2) is 9.59 Å². The van der Waals surface area contributed by atoms with E-state index in [0.717, 1.165) is 6.29 Å². The highest BCUT2D eigenvalue weighted by atomic mass is 16.6. The fraction of sp³-hybridized carbons (Fsp3) is 0.833. The van der Waals surface area contributed by atoms with Gasteiger partial charge in [0.2, 0.25) is 0 Å². The van der Waals surface area contributed by atoms with Crippen LogP contribution in [0.2, 0.25) is 0 Å². The maximum Gasteiger partial charge on any atom is 0.407 e. The lowest BCUT2D eigenvalue weighted by atomic mass is 10.0. The number of rotatable bonds is 20. The molecule has 0 rings (SSSR count). The first kappa shape index (κ1) is 38.3. The third-order valence-corrected chi connectivity index (χ3v) is 4.79. The van der Waals surface area contributed by atoms with Crippen LogP contribution in [0.4, 0.5) is 9.59 Å². The fourth-order valence-electron chi connectivity index (χ4n) is 2.81. The number of aliphatic hydroxyl groups excluding tert-OH is 4. The Hall–Kier alpha value is -2.28. The standard InChI is InChI=1S/C12H23NO5.C11H21NO5.CH4/c1-10(16)4-6-13-12(17)18-9-11(5-8-15)3-2-7-14;13-6-1-3-10(4-8-15)9-17-11(16)12-5-2-7-14;/h11,14-15H,2-9H2,1H3,(H,13,17);7,10,13,15H,1-6,8-9H2,(H,12,16);1H4. The molecule has 2 unspecified atom stereocenters. The summed E-state index contributed by atoms with van der Waals surface area (Å²) in [6, 6.07) is 0. The molecule has 0 saturated carbocycles. The lowest BCUT2D eigenvalue weighted by molar-refractivity contribution is -0.116. The number of ether oxygens (including phenoxy) is 2. The van der Waals surface area contributed by atoms with Gasteiger partial charge in [-0.05, 0) is 57.3 Å². The smallest absolute Gasteiger partial charge is 0.407 e. The predicted molar refractivity (Wildman–Crippen MR) is 134 cm³/mol. The summed E-state index contributed by atoms with van der Waals surface area (Å²) in [6.45, 7) is 2.68. The predicted octanol–water partition coefficient (Wildman–Crippen LogP) is 1.17. The van der Waals surface area contributed by atoms with E-state index in [-0.39, 0.29) is 84.2 Å². The Balaban J connectivity index is -0.000000590. The Morgan fingerprint density at radius 3 is 1.56 bits per heavy atom. The van der Waals surface area contributed by atoms with Gasteiger partial charge in [-0.2, -0.15) is 0 Å². The van der Waals surface area contributed by atoms with E-state index in [4.69, 9.17) is 29.9 Å². The molecule has 2 amide bonds. The molecule has 0 radical (unpaired) electrons. The van der Waals surface area contributed by atoms with Gasteiger partial charge in [-0.3, -0.25) is 4.79 Å². The second kappa shape index (κ2) is 29.0. The Labute approximate surface area is 214 Å². The molecule has 12 heteroatoms. The lowest BCUT2D eigenvalue weighted by Crippen LogP contribution is -2.28. The van der Waals surface area contributed by atoms with Gasteiger partial charge in [0.05, 0.1) is 13.2 Å². The summed E-state index contributed by atoms with van der Waals surface area (Å²) in [4.78, 5) is 43.1. The molecule has 0 aromatic rings. The molecular formula is C24H48N2O10. The van der Waals surface area contributed by atoms with Crippen LogP contribution >= 0.6 is 0 Å². The number of Topliss-reactive ketones (excluding diaryl/α,β-unsaturated/α-hetero) is 1. The van der Waals surface area contributed by atoms with Crippen molar-refractivity contribution in [2.24, 2.45) is 11.8 Å². The number of nitrogens with one attached hydrogen (secondary N) is 2. The summed E-state index contributed by atoms with van der Waals surface area (Å²) in [7, 11) is 0. The Kier molecular flexibility index (Phi) is 30.8. The quantitative estimate of drug-likeness (QED) is 0.0995. The first-order valence-electron chi connectivity index (χ1n) is 12.0. The van der Waals surface area contributed by atoms with E-state index < -0.39 is 12.2 Å². The van der Waals surface area contributed by atoms with Crippen LogP contribution in [0.15, 0.2) is 0 Å². The number of amides is 2. The van der Waals surface area contributed by atoms with Crippen molar-refractivity contribution in [3.05, 3.63) is 0 Å². The van der Waals surface area contributed by atoms with Gasteiger partial charge in [0.25, 0.3) is 0 Å². The zero-order valence-electron chi connectivity index (χ0n) is 20.8. The summed E-state index contributed by atoms with van der Waals surface area (Å²) in [5, 5.41) is 40.0. The van der Waals surface area contributed by atoms with Crippen LogP contribution in [0.1, 0.15) is 65.7 Å². The summed E-state index contributed by atoms with van der Waals surface area (Å²) >= 11 is 0. The second-order valence-corrected chi connectivity index (χ2v) is 7.95. The van der Waals surface area contributed by atoms with Crippen LogP contribution in [-0.4, -0.2) is 97.4 Å². The lowest BCUT2D eigenvalue weighted by Gasteiger charge is -2.15. The Morgan fingerprint density at radius 1 is 0.750 bits per heavy atom. The Morgan fingerprint density at radius 2 is 1.19 bits per heavy atom. The van der Waals surface area contributed by atoms with E-state index in [2.05, 4.69) is 10.6 Å². The van der Waals surface area contributed by atoms with Crippen molar-refractivity contribution in [2.75, 3.05) is 52.7 Å². The van der Waals surface area contributed by atoms with Gasteiger partial charge >= 0.3 is 12.2 Å². The van der Waals surface area contributed by atoms with Gasteiger partial charge in [0.15, 0.2) is 0 Å². The van der Waals surface area contributed by atoms with Crippen LogP contribution in [0.5, 0.6) is 0 Å². The molecule has 0 aromatic carbocycles. The van der Waals surface area contributed by atoms with Crippen LogP contribution in [-0.2, 0) is 19.1 Å². The molecule has 0 heterocycles. The molecule has 0 aliphatic carbocycles. The number of aliphatic hydroxyl groups is 4. The second-order valence-electron chi connectivity index (χ2n) is 7.95. The molecule has 36 heavy (non-hydrogen) atoms. The van der Waals surface area contributed by atoms with Crippen molar-refractivity contribution in [3.8, 4) is 0 Å². The number of aldehydes is 1. The minimum atomic E-state index is -0.557. The highest BCUT2D eigenvalue weighted by Gasteiger charge is 2.12. The van der Waals surface area contributed by atoms with Crippen molar-refractivity contribution < 1.29 is 49.1 Å². The van der Waals surface area contributed by atoms with Crippen molar-refractivity contribution in [3.63, 3.8) is 0 Å². The summed E-state index contributed by atoms with van der Waals surface area (Å²) in [6.07, 6.45) is 3.91. The fourth-order valence-corrected chi connectivity index (χ4v) is 2.81. The normalized spacial score (nSPS) is 11.6. The SMILES string of the molecule is C.CC(=O)CCNC(=O)OCC(CCO)CCCO.O=CCCNC(=O)OCC(CCO)CCCO. The number of ketones is 1. The zero-order chi connectivity index (χ0) is 26.7. The highest BCUT2D eigenvalue weighted by molar-refractivity contribution is 5.76. The molecule has 0 saturated heterocycles. The van der Waals surface area contributed by atoms with E-state index in [0.29, 0.717) is 44.9 Å². The number of carbonyl (C=O) groups excluding carboxylic acids is 4. The molecule has 6 N–H and O–H groups in total. The van der Waals surface area contributed by atoms with Crippen LogP contribution in [0, 0.1) is 11.8 Å². The van der Waals surface area contributed by atoms with Gasteiger partial charge in [0.1, 0.15) is 12.1 Å². The highest BCUT2D eigenvalue weighted by Crippen LogP contribution is 2.12. The van der Waals surface area contributed by atoms with Crippen LogP contribution in [0.3, 0.4) is 0 Å². The van der Waals surface area contributed by atoms with Crippen molar-refractivity contribution in [1.29, 1.82) is 0 Å². The van der Waals surface area contributed by atoms with Crippen molar-refractivity contribution in [1.82, 2.24) is 10.6 Å². The molecule has 214 valence electrons. The molecule has 0 bridgehead atoms. The van der Waals surface area contributed by atoms with Crippen molar-refractivity contribution >= 4 is 24.3 Å². The van der Waals surface area contributed by atoms with Gasteiger partial charge < -0.3 is 45.3 Å². The molecule has 2 atom stereocenters. The average Bonchev–Trinajstić information content (AvgIpc) is 2.83. The third kappa shape index (κ3) is 28.0. The monoisotopic (exact) mass is 524 g/mol. The maximum absolute atomic E-state index is 11.3. The van der Waals surface area contributed by atoms with E-state index >= 15 is 0 Å². The number of alkyl carbamates (subject to hydrolysis) is 2. The molecule has 0 aliphatic heterocycles. The van der Waals surface area contributed by atoms with E-state index in [9.17, 15) is 19.2 Å². The molecule has 0 aromatic heterocycles. The topological polar surface area (TPSA) is 192 Å². The molecule has 0 fully saturated rings. The summed E-state index contributed by atoms with van der Waals surface area (Å²) in [5.74, 6) is 0.126. The largest absolute Gasteiger partial charge is 0.449 e. The first-order valence-corrected chi connectivity index (χ1v) is 12.0. The maximum atomic E-state index is 11.3. The van der Waals surface area contributed by atoms with Crippen LogP contribution in [0.25, 0.3) is 0 Å². The van der Waals surface area contributed by atoms with Crippen LogP contribution < -0.4 is 10.6 Å². The summed E-state index contributed by atoms with van der Waals surface area (Å²) < 4.78 is 9.92. The minimum absolute atomic E-state index is 0. The molecule has 0 spiro atoms. The number of hydrogen-bond acceptors (Lipinski definition) is 10. The average molecular weight is 525 g/mol. The third-order valence-electron chi connectivity index (χ3n) is 4.79. The number of hydrogen-bond donors (Lipinski definition) is 6. The Bertz CT molecular complexity index is 549. The number of carbonyl (C=O) groups is 4. The zero-order valence-corrected chi connectivity index (χ0v) is 20.8. The van der Waals surface area contributed by atoms with E-state index in [1.165, 1.54) is 6.92 Å². The first-order chi connectivity index (χ1) is 16.8. The van der Waals surface area contributed by atoms with E-state index in [1.807, 2.05) is 0 Å². The summed E-state index contributed by atoms with van der Waals surface area (Å²) in [5.41, 5.74) is 0.